The SMILES string of the molecule is Cc1ccc(-n2nc(C(=O)O)nc2Br)cc1. The molecule has 0 spiro atoms. The Morgan fingerprint density at radius 2 is 2.00 bits per heavy atom. The third-order valence-electron chi connectivity index (χ3n) is 2.04. The molecule has 1 heterocycles. The van der Waals surface area contributed by atoms with E-state index in [9.17, 15) is 4.79 Å². The molecule has 0 aliphatic heterocycles. The number of halogens is 1. The molecule has 5 nitrogen and oxygen atoms in total. The van der Waals surface area contributed by atoms with Crippen LogP contribution in [-0.4, -0.2) is 25.8 Å². The van der Waals surface area contributed by atoms with Crippen LogP contribution in [0.3, 0.4) is 0 Å². The van der Waals surface area contributed by atoms with Crippen molar-refractivity contribution in [3.8, 4) is 5.69 Å². The Kier molecular flexibility index (Phi) is 2.74. The maximum atomic E-state index is 10.7. The Bertz CT molecular complexity index is 533. The third-order valence-corrected chi connectivity index (χ3v) is 2.55. The lowest BCUT2D eigenvalue weighted by Crippen LogP contribution is -2.01. The summed E-state index contributed by atoms with van der Waals surface area (Å²) in [5.41, 5.74) is 1.89. The molecule has 2 rings (SSSR count). The van der Waals surface area contributed by atoms with Crippen LogP contribution in [0.5, 0.6) is 0 Å². The molecule has 0 radical (unpaired) electrons. The number of benzene rings is 1. The number of aryl methyl sites for hydroxylation is 1. The van der Waals surface area contributed by atoms with Crippen molar-refractivity contribution in [3.05, 3.63) is 40.4 Å². The normalized spacial score (nSPS) is 10.4. The van der Waals surface area contributed by atoms with E-state index in [0.29, 0.717) is 4.73 Å². The van der Waals surface area contributed by atoms with Crippen LogP contribution >= 0.6 is 15.9 Å². The summed E-state index contributed by atoms with van der Waals surface area (Å²) in [4.78, 5) is 14.5. The lowest BCUT2D eigenvalue weighted by atomic mass is 10.2. The van der Waals surface area contributed by atoms with E-state index in [1.54, 1.807) is 0 Å². The van der Waals surface area contributed by atoms with Crippen LogP contribution in [-0.2, 0) is 0 Å². The maximum Gasteiger partial charge on any atom is 0.375 e. The van der Waals surface area contributed by atoms with E-state index in [1.807, 2.05) is 31.2 Å². The summed E-state index contributed by atoms with van der Waals surface area (Å²) in [6, 6.07) is 7.54. The minimum atomic E-state index is -1.15. The van der Waals surface area contributed by atoms with Crippen molar-refractivity contribution < 1.29 is 9.90 Å². The maximum absolute atomic E-state index is 10.7. The van der Waals surface area contributed by atoms with Gasteiger partial charge in [-0.15, -0.1) is 5.10 Å². The van der Waals surface area contributed by atoms with Crippen LogP contribution in [0.15, 0.2) is 29.0 Å². The van der Waals surface area contributed by atoms with E-state index in [4.69, 9.17) is 5.11 Å². The molecule has 16 heavy (non-hydrogen) atoms. The van der Waals surface area contributed by atoms with Gasteiger partial charge in [0.2, 0.25) is 4.73 Å². The van der Waals surface area contributed by atoms with Crippen molar-refractivity contribution in [1.29, 1.82) is 0 Å². The second-order valence-corrected chi connectivity index (χ2v) is 3.97. The van der Waals surface area contributed by atoms with Gasteiger partial charge in [-0.3, -0.25) is 0 Å². The summed E-state index contributed by atoms with van der Waals surface area (Å²) in [5, 5.41) is 12.6. The molecular weight excluding hydrogens is 274 g/mol. The standard InChI is InChI=1S/C10H8BrN3O2/c1-6-2-4-7(5-3-6)14-10(11)12-8(13-14)9(15)16/h2-5H,1H3,(H,15,16). The number of carboxylic acids is 1. The molecule has 0 amide bonds. The van der Waals surface area contributed by atoms with E-state index in [-0.39, 0.29) is 5.82 Å². The Morgan fingerprint density at radius 3 is 2.50 bits per heavy atom. The molecule has 1 N–H and O–H groups in total. The summed E-state index contributed by atoms with van der Waals surface area (Å²) < 4.78 is 1.80. The van der Waals surface area contributed by atoms with Crippen molar-refractivity contribution in [2.45, 2.75) is 6.92 Å². The summed E-state index contributed by atoms with van der Waals surface area (Å²) in [5.74, 6) is -1.38. The highest BCUT2D eigenvalue weighted by atomic mass is 79.9. The fraction of sp³-hybridized carbons (Fsp3) is 0.100. The minimum Gasteiger partial charge on any atom is -0.475 e. The topological polar surface area (TPSA) is 68.0 Å². The van der Waals surface area contributed by atoms with E-state index >= 15 is 0 Å². The van der Waals surface area contributed by atoms with Crippen molar-refractivity contribution in [1.82, 2.24) is 14.8 Å². The summed E-state index contributed by atoms with van der Waals surface area (Å²) >= 11 is 3.17. The summed E-state index contributed by atoms with van der Waals surface area (Å²) in [6.45, 7) is 1.98. The quantitative estimate of drug-likeness (QED) is 0.915. The van der Waals surface area contributed by atoms with Gasteiger partial charge in [-0.2, -0.15) is 4.98 Å². The molecule has 0 atom stereocenters. The van der Waals surface area contributed by atoms with Gasteiger partial charge >= 0.3 is 5.97 Å². The van der Waals surface area contributed by atoms with Crippen LogP contribution < -0.4 is 0 Å². The van der Waals surface area contributed by atoms with Crippen LogP contribution in [0.1, 0.15) is 16.2 Å². The van der Waals surface area contributed by atoms with Crippen LogP contribution in [0.2, 0.25) is 0 Å². The van der Waals surface area contributed by atoms with Gasteiger partial charge in [0, 0.05) is 0 Å². The molecule has 0 saturated carbocycles. The first-order valence-electron chi connectivity index (χ1n) is 4.51. The zero-order valence-electron chi connectivity index (χ0n) is 8.38. The summed E-state index contributed by atoms with van der Waals surface area (Å²) in [7, 11) is 0. The molecule has 0 aliphatic rings. The first kappa shape index (κ1) is 10.8. The van der Waals surface area contributed by atoms with E-state index < -0.39 is 5.97 Å². The van der Waals surface area contributed by atoms with Gasteiger partial charge in [0.05, 0.1) is 5.69 Å². The van der Waals surface area contributed by atoms with E-state index in [2.05, 4.69) is 26.0 Å². The highest BCUT2D eigenvalue weighted by Crippen LogP contribution is 2.15. The highest BCUT2D eigenvalue weighted by Gasteiger charge is 2.14. The number of aromatic carboxylic acids is 1. The number of hydrogen-bond donors (Lipinski definition) is 1. The van der Waals surface area contributed by atoms with Crippen molar-refractivity contribution in [2.24, 2.45) is 0 Å². The Morgan fingerprint density at radius 1 is 1.38 bits per heavy atom. The molecule has 0 saturated heterocycles. The van der Waals surface area contributed by atoms with Gasteiger partial charge < -0.3 is 5.11 Å². The average Bonchev–Trinajstić information content (AvgIpc) is 2.62. The molecule has 0 aliphatic carbocycles. The van der Waals surface area contributed by atoms with Crippen LogP contribution in [0.4, 0.5) is 0 Å². The minimum absolute atomic E-state index is 0.229. The fourth-order valence-corrected chi connectivity index (χ4v) is 1.69. The molecule has 1 aromatic carbocycles. The molecule has 0 fully saturated rings. The van der Waals surface area contributed by atoms with Gasteiger partial charge in [-0.1, -0.05) is 17.7 Å². The second-order valence-electron chi connectivity index (χ2n) is 3.26. The smallest absolute Gasteiger partial charge is 0.375 e. The van der Waals surface area contributed by atoms with Crippen LogP contribution in [0, 0.1) is 6.92 Å². The Labute approximate surface area is 99.9 Å². The molecule has 6 heteroatoms. The first-order valence-corrected chi connectivity index (χ1v) is 5.30. The molecule has 1 aromatic heterocycles. The van der Waals surface area contributed by atoms with Crippen molar-refractivity contribution >= 4 is 21.9 Å². The molecule has 82 valence electrons. The average molecular weight is 282 g/mol. The van der Waals surface area contributed by atoms with Crippen molar-refractivity contribution in [2.75, 3.05) is 0 Å². The Balaban J connectivity index is 2.47. The monoisotopic (exact) mass is 281 g/mol. The third kappa shape index (κ3) is 1.96. The lowest BCUT2D eigenvalue weighted by Gasteiger charge is -2.01. The highest BCUT2D eigenvalue weighted by molar-refractivity contribution is 9.10. The predicted octanol–water partition coefficient (Wildman–Crippen LogP) is 2.04. The Hall–Kier alpha value is -1.69. The zero-order valence-corrected chi connectivity index (χ0v) is 9.97. The predicted molar refractivity (Wildman–Crippen MR) is 60.8 cm³/mol. The summed E-state index contributed by atoms with van der Waals surface area (Å²) in [6.07, 6.45) is 0. The first-order chi connectivity index (χ1) is 7.58. The number of carbonyl (C=O) groups is 1. The largest absolute Gasteiger partial charge is 0.475 e. The van der Waals surface area contributed by atoms with Gasteiger partial charge in [-0.25, -0.2) is 9.48 Å². The van der Waals surface area contributed by atoms with Gasteiger partial charge in [-0.05, 0) is 35.0 Å². The molecular formula is C10H8BrN3O2. The van der Waals surface area contributed by atoms with Gasteiger partial charge in [0.15, 0.2) is 0 Å². The van der Waals surface area contributed by atoms with E-state index in [1.165, 1.54) is 4.68 Å². The molecule has 2 aromatic rings. The number of rotatable bonds is 2. The number of aromatic nitrogens is 3. The number of hydrogen-bond acceptors (Lipinski definition) is 3. The molecule has 0 bridgehead atoms. The van der Waals surface area contributed by atoms with E-state index in [0.717, 1.165) is 11.3 Å². The molecule has 0 unspecified atom stereocenters. The lowest BCUT2D eigenvalue weighted by molar-refractivity contribution is 0.0683. The van der Waals surface area contributed by atoms with Gasteiger partial charge in [0.25, 0.3) is 5.82 Å². The zero-order chi connectivity index (χ0) is 11.7. The van der Waals surface area contributed by atoms with Gasteiger partial charge in [0.1, 0.15) is 0 Å². The second kappa shape index (κ2) is 4.05. The van der Waals surface area contributed by atoms with Crippen LogP contribution in [0.25, 0.3) is 5.69 Å². The number of nitrogens with zero attached hydrogens (tertiary/aromatic N) is 3. The van der Waals surface area contributed by atoms with Crippen molar-refractivity contribution in [3.63, 3.8) is 0 Å². The number of carboxylic acid groups (broad SMARTS) is 1. The fourth-order valence-electron chi connectivity index (χ4n) is 1.23.